The van der Waals surface area contributed by atoms with Crippen LogP contribution in [-0.2, 0) is 0 Å². The van der Waals surface area contributed by atoms with Crippen molar-refractivity contribution in [2.75, 3.05) is 30.8 Å². The number of nitriles is 1. The zero-order chi connectivity index (χ0) is 13.1. The molecule has 5 nitrogen and oxygen atoms in total. The number of amides is 1. The van der Waals surface area contributed by atoms with E-state index in [9.17, 15) is 10.1 Å². The molecule has 2 heterocycles. The van der Waals surface area contributed by atoms with Crippen LogP contribution in [0.2, 0.25) is 0 Å². The van der Waals surface area contributed by atoms with Gasteiger partial charge < -0.3 is 16.0 Å². The highest BCUT2D eigenvalue weighted by Crippen LogP contribution is 2.38. The van der Waals surface area contributed by atoms with Crippen molar-refractivity contribution >= 4 is 27.9 Å². The SMILES string of the molecule is CNC(=O)c1sc(N2CCCCC2)c(C#N)c1N. The zero-order valence-electron chi connectivity index (χ0n) is 10.3. The first-order chi connectivity index (χ1) is 8.69. The monoisotopic (exact) mass is 264 g/mol. The standard InChI is InChI=1S/C12H16N4OS/c1-15-11(17)10-9(14)8(7-13)12(18-10)16-5-3-2-4-6-16/h2-6,14H2,1H3,(H,15,17). The Kier molecular flexibility index (Phi) is 3.72. The predicted octanol–water partition coefficient (Wildman–Crippen LogP) is 1.55. The van der Waals surface area contributed by atoms with Gasteiger partial charge in [0.15, 0.2) is 0 Å². The van der Waals surface area contributed by atoms with E-state index in [-0.39, 0.29) is 5.91 Å². The maximum atomic E-state index is 11.7. The van der Waals surface area contributed by atoms with Crippen LogP contribution in [-0.4, -0.2) is 26.0 Å². The smallest absolute Gasteiger partial charge is 0.263 e. The molecule has 1 saturated heterocycles. The fraction of sp³-hybridized carbons (Fsp3) is 0.500. The molecule has 0 unspecified atom stereocenters. The van der Waals surface area contributed by atoms with Gasteiger partial charge in [-0.25, -0.2) is 0 Å². The van der Waals surface area contributed by atoms with Crippen LogP contribution in [0.15, 0.2) is 0 Å². The van der Waals surface area contributed by atoms with Crippen molar-refractivity contribution in [2.24, 2.45) is 0 Å². The van der Waals surface area contributed by atoms with Gasteiger partial charge in [-0.2, -0.15) is 5.26 Å². The largest absolute Gasteiger partial charge is 0.396 e. The molecule has 96 valence electrons. The van der Waals surface area contributed by atoms with E-state index in [1.807, 2.05) is 0 Å². The minimum Gasteiger partial charge on any atom is -0.396 e. The number of hydrogen-bond donors (Lipinski definition) is 2. The van der Waals surface area contributed by atoms with E-state index in [2.05, 4.69) is 16.3 Å². The summed E-state index contributed by atoms with van der Waals surface area (Å²) in [5, 5.41) is 12.6. The van der Waals surface area contributed by atoms with E-state index in [1.165, 1.54) is 17.8 Å². The number of hydrogen-bond acceptors (Lipinski definition) is 5. The first-order valence-corrected chi connectivity index (χ1v) is 6.80. The van der Waals surface area contributed by atoms with Crippen molar-refractivity contribution < 1.29 is 4.79 Å². The van der Waals surface area contributed by atoms with Crippen LogP contribution in [0.1, 0.15) is 34.5 Å². The third-order valence-electron chi connectivity index (χ3n) is 3.11. The van der Waals surface area contributed by atoms with Crippen molar-refractivity contribution in [3.05, 3.63) is 10.4 Å². The number of anilines is 2. The summed E-state index contributed by atoms with van der Waals surface area (Å²) >= 11 is 1.32. The summed E-state index contributed by atoms with van der Waals surface area (Å²) in [4.78, 5) is 14.3. The van der Waals surface area contributed by atoms with E-state index in [4.69, 9.17) is 5.73 Å². The number of thiophene rings is 1. The molecule has 1 aliphatic heterocycles. The molecule has 2 rings (SSSR count). The number of nitrogens with two attached hydrogens (primary N) is 1. The number of piperidine rings is 1. The minimum atomic E-state index is -0.225. The molecule has 0 atom stereocenters. The fourth-order valence-corrected chi connectivity index (χ4v) is 3.31. The molecule has 1 amide bonds. The van der Waals surface area contributed by atoms with E-state index < -0.39 is 0 Å². The lowest BCUT2D eigenvalue weighted by Crippen LogP contribution is -2.29. The summed E-state index contributed by atoms with van der Waals surface area (Å²) < 4.78 is 0. The lowest BCUT2D eigenvalue weighted by atomic mass is 10.1. The molecule has 0 bridgehead atoms. The second-order valence-electron chi connectivity index (χ2n) is 4.26. The number of nitrogens with one attached hydrogen (secondary N) is 1. The fourth-order valence-electron chi connectivity index (χ4n) is 2.14. The third kappa shape index (κ3) is 2.14. The second-order valence-corrected chi connectivity index (χ2v) is 5.26. The Morgan fingerprint density at radius 2 is 2.11 bits per heavy atom. The van der Waals surface area contributed by atoms with Gasteiger partial charge in [-0.3, -0.25) is 4.79 Å². The van der Waals surface area contributed by atoms with Crippen LogP contribution in [0.5, 0.6) is 0 Å². The molecule has 0 radical (unpaired) electrons. The van der Waals surface area contributed by atoms with Gasteiger partial charge in [-0.05, 0) is 19.3 Å². The average Bonchev–Trinajstić information content (AvgIpc) is 2.76. The van der Waals surface area contributed by atoms with Gasteiger partial charge in [0, 0.05) is 20.1 Å². The van der Waals surface area contributed by atoms with Crippen LogP contribution in [0.4, 0.5) is 10.7 Å². The quantitative estimate of drug-likeness (QED) is 0.849. The topological polar surface area (TPSA) is 82.2 Å². The van der Waals surface area contributed by atoms with Gasteiger partial charge in [0.25, 0.3) is 5.91 Å². The highest BCUT2D eigenvalue weighted by molar-refractivity contribution is 7.19. The number of nitrogens with zero attached hydrogens (tertiary/aromatic N) is 2. The maximum absolute atomic E-state index is 11.7. The summed E-state index contributed by atoms with van der Waals surface area (Å²) in [6.45, 7) is 1.86. The predicted molar refractivity (Wildman–Crippen MR) is 72.9 cm³/mol. The summed E-state index contributed by atoms with van der Waals surface area (Å²) in [7, 11) is 1.56. The van der Waals surface area contributed by atoms with Crippen LogP contribution in [0, 0.1) is 11.3 Å². The van der Waals surface area contributed by atoms with E-state index in [1.54, 1.807) is 7.05 Å². The van der Waals surface area contributed by atoms with Crippen LogP contribution in [0.25, 0.3) is 0 Å². The van der Waals surface area contributed by atoms with Gasteiger partial charge in [0.2, 0.25) is 0 Å². The molecule has 1 aromatic rings. The maximum Gasteiger partial charge on any atom is 0.263 e. The van der Waals surface area contributed by atoms with Crippen LogP contribution >= 0.6 is 11.3 Å². The van der Waals surface area contributed by atoms with Crippen LogP contribution < -0.4 is 16.0 Å². The molecule has 1 fully saturated rings. The minimum absolute atomic E-state index is 0.225. The molecule has 1 aliphatic rings. The highest BCUT2D eigenvalue weighted by atomic mass is 32.1. The molecule has 0 aromatic carbocycles. The van der Waals surface area contributed by atoms with Gasteiger partial charge in [-0.15, -0.1) is 11.3 Å². The number of carbonyl (C=O) groups is 1. The normalized spacial score (nSPS) is 15.2. The molecule has 0 aliphatic carbocycles. The van der Waals surface area contributed by atoms with E-state index in [0.717, 1.165) is 30.9 Å². The van der Waals surface area contributed by atoms with Crippen molar-refractivity contribution in [1.29, 1.82) is 5.26 Å². The molecule has 6 heteroatoms. The summed E-state index contributed by atoms with van der Waals surface area (Å²) in [5.41, 5.74) is 6.65. The van der Waals surface area contributed by atoms with E-state index >= 15 is 0 Å². The van der Waals surface area contributed by atoms with Crippen LogP contribution in [0.3, 0.4) is 0 Å². The van der Waals surface area contributed by atoms with Crippen molar-refractivity contribution in [1.82, 2.24) is 5.32 Å². The van der Waals surface area contributed by atoms with Crippen molar-refractivity contribution in [2.45, 2.75) is 19.3 Å². The number of carbonyl (C=O) groups excluding carboxylic acids is 1. The Labute approximate surface area is 110 Å². The van der Waals surface area contributed by atoms with Crippen molar-refractivity contribution in [3.8, 4) is 6.07 Å². The lowest BCUT2D eigenvalue weighted by Gasteiger charge is -2.27. The van der Waals surface area contributed by atoms with Gasteiger partial charge >= 0.3 is 0 Å². The Bertz CT molecular complexity index is 497. The highest BCUT2D eigenvalue weighted by Gasteiger charge is 2.24. The number of rotatable bonds is 2. The Balaban J connectivity index is 2.40. The van der Waals surface area contributed by atoms with Gasteiger partial charge in [0.1, 0.15) is 21.5 Å². The summed E-state index contributed by atoms with van der Waals surface area (Å²) in [6.07, 6.45) is 3.47. The van der Waals surface area contributed by atoms with E-state index in [0.29, 0.717) is 16.1 Å². The Morgan fingerprint density at radius 3 is 2.67 bits per heavy atom. The molecule has 0 spiro atoms. The molecular formula is C12H16N4OS. The van der Waals surface area contributed by atoms with Gasteiger partial charge in [-0.1, -0.05) is 0 Å². The zero-order valence-corrected chi connectivity index (χ0v) is 11.1. The molecule has 3 N–H and O–H groups in total. The third-order valence-corrected chi connectivity index (χ3v) is 4.38. The summed E-state index contributed by atoms with van der Waals surface area (Å²) in [6, 6.07) is 2.12. The molecule has 0 saturated carbocycles. The molecule has 1 aromatic heterocycles. The van der Waals surface area contributed by atoms with Gasteiger partial charge in [0.05, 0.1) is 5.69 Å². The summed E-state index contributed by atoms with van der Waals surface area (Å²) in [5.74, 6) is -0.225. The number of nitrogen functional groups attached to an aromatic ring is 1. The molecule has 18 heavy (non-hydrogen) atoms. The Hall–Kier alpha value is -1.74. The molecular weight excluding hydrogens is 248 g/mol. The second kappa shape index (κ2) is 5.27. The Morgan fingerprint density at radius 1 is 1.44 bits per heavy atom. The lowest BCUT2D eigenvalue weighted by molar-refractivity contribution is 0.0968. The first kappa shape index (κ1) is 12.7. The average molecular weight is 264 g/mol. The first-order valence-electron chi connectivity index (χ1n) is 5.98. The van der Waals surface area contributed by atoms with Crippen molar-refractivity contribution in [3.63, 3.8) is 0 Å².